The number of ether oxygens (including phenoxy) is 1. The van der Waals surface area contributed by atoms with E-state index in [1.165, 1.54) is 16.6 Å². The molecule has 1 N–H and O–H groups in total. The number of nitrogens with one attached hydrogen (secondary N) is 1. The smallest absolute Gasteiger partial charge is 0.228 e. The van der Waals surface area contributed by atoms with Crippen molar-refractivity contribution in [2.45, 2.75) is 19.4 Å². The number of hydrogen-bond donors (Lipinski definition) is 1. The maximum absolute atomic E-state index is 13.0. The molecule has 0 unspecified atom stereocenters. The molecule has 0 saturated carbocycles. The van der Waals surface area contributed by atoms with Gasteiger partial charge in [-0.05, 0) is 46.3 Å². The highest BCUT2D eigenvalue weighted by Gasteiger charge is 2.25. The van der Waals surface area contributed by atoms with E-state index in [0.29, 0.717) is 13.0 Å². The molecule has 0 spiro atoms. The summed E-state index contributed by atoms with van der Waals surface area (Å²) >= 11 is 5.18. The molecule has 5 nitrogen and oxygen atoms in total. The summed E-state index contributed by atoms with van der Waals surface area (Å²) in [4.78, 5) is 23.1. The fourth-order valence-corrected chi connectivity index (χ4v) is 5.23. The summed E-state index contributed by atoms with van der Waals surface area (Å²) < 4.78 is 6.27. The summed E-state index contributed by atoms with van der Waals surface area (Å²) in [5.74, 6) is 0.941. The number of fused-ring (bicyclic) bond motifs is 3. The van der Waals surface area contributed by atoms with Gasteiger partial charge in [0.25, 0.3) is 0 Å². The van der Waals surface area contributed by atoms with Crippen LogP contribution in [0, 0.1) is 0 Å². The van der Waals surface area contributed by atoms with E-state index in [2.05, 4.69) is 32.0 Å². The first-order valence-electron chi connectivity index (χ1n) is 9.77. The van der Waals surface area contributed by atoms with Gasteiger partial charge in [-0.15, -0.1) is 11.3 Å². The van der Waals surface area contributed by atoms with Crippen molar-refractivity contribution in [3.05, 3.63) is 69.3 Å². The van der Waals surface area contributed by atoms with Crippen LogP contribution in [0.2, 0.25) is 0 Å². The van der Waals surface area contributed by atoms with Crippen molar-refractivity contribution in [2.75, 3.05) is 13.7 Å². The summed E-state index contributed by atoms with van der Waals surface area (Å²) in [5, 5.41) is 4.09. The van der Waals surface area contributed by atoms with Gasteiger partial charge < -0.3 is 14.6 Å². The number of aromatic amines is 1. The topological polar surface area (TPSA) is 58.2 Å². The second-order valence-corrected chi connectivity index (χ2v) is 9.07. The van der Waals surface area contributed by atoms with Gasteiger partial charge in [-0.25, -0.2) is 4.98 Å². The second kappa shape index (κ2) is 7.89. The van der Waals surface area contributed by atoms with Crippen LogP contribution in [0.1, 0.15) is 17.0 Å². The molecule has 1 aliphatic rings. The number of benzene rings is 2. The molecule has 7 heteroatoms. The molecule has 0 atom stereocenters. The van der Waals surface area contributed by atoms with E-state index in [0.717, 1.165) is 45.0 Å². The molecule has 1 aliphatic heterocycles. The Bertz CT molecular complexity index is 1230. The van der Waals surface area contributed by atoms with Crippen LogP contribution in [0.3, 0.4) is 0 Å². The monoisotopic (exact) mass is 481 g/mol. The van der Waals surface area contributed by atoms with Gasteiger partial charge in [0, 0.05) is 51.6 Å². The molecule has 2 aromatic heterocycles. The predicted molar refractivity (Wildman–Crippen MR) is 123 cm³/mol. The number of carbonyl (C=O) groups excluding carboxylic acids is 1. The SMILES string of the molecule is COc1ccc(-c2nc(CC(=O)N3CCc4[nH]c5c(Br)cccc5c4C3)cs2)cc1. The van der Waals surface area contributed by atoms with E-state index in [-0.39, 0.29) is 5.91 Å². The lowest BCUT2D eigenvalue weighted by Gasteiger charge is -2.27. The average Bonchev–Trinajstić information content (AvgIpc) is 3.39. The number of aromatic nitrogens is 2. The van der Waals surface area contributed by atoms with Gasteiger partial charge >= 0.3 is 0 Å². The summed E-state index contributed by atoms with van der Waals surface area (Å²) in [5.41, 5.74) is 5.43. The molecule has 4 aromatic rings. The molecule has 2 aromatic carbocycles. The highest BCUT2D eigenvalue weighted by molar-refractivity contribution is 9.10. The van der Waals surface area contributed by atoms with E-state index in [4.69, 9.17) is 4.74 Å². The maximum Gasteiger partial charge on any atom is 0.228 e. The zero-order valence-electron chi connectivity index (χ0n) is 16.4. The normalized spacial score (nSPS) is 13.5. The van der Waals surface area contributed by atoms with Crippen molar-refractivity contribution < 1.29 is 9.53 Å². The zero-order chi connectivity index (χ0) is 20.7. The van der Waals surface area contributed by atoms with Crippen LogP contribution in [0.15, 0.2) is 52.3 Å². The Hall–Kier alpha value is -2.64. The van der Waals surface area contributed by atoms with Crippen LogP contribution in [0.4, 0.5) is 0 Å². The average molecular weight is 482 g/mol. The van der Waals surface area contributed by atoms with Crippen LogP contribution in [0.5, 0.6) is 5.75 Å². The number of thiazole rings is 1. The number of nitrogens with zero attached hydrogens (tertiary/aromatic N) is 2. The number of methoxy groups -OCH3 is 1. The number of amides is 1. The lowest BCUT2D eigenvalue weighted by atomic mass is 10.0. The molecule has 5 rings (SSSR count). The minimum absolute atomic E-state index is 0.122. The lowest BCUT2D eigenvalue weighted by molar-refractivity contribution is -0.131. The first-order chi connectivity index (χ1) is 14.6. The summed E-state index contributed by atoms with van der Waals surface area (Å²) in [6.07, 6.45) is 1.17. The van der Waals surface area contributed by atoms with Gasteiger partial charge in [-0.1, -0.05) is 12.1 Å². The predicted octanol–water partition coefficient (Wildman–Crippen LogP) is 5.19. The van der Waals surface area contributed by atoms with Gasteiger partial charge in [-0.2, -0.15) is 0 Å². The first kappa shape index (κ1) is 19.3. The standard InChI is InChI=1S/C23H20BrN3O2S/c1-29-16-7-5-14(6-8-16)23-25-15(13-30-23)11-21(28)27-10-9-20-18(12-27)17-3-2-4-19(24)22(17)26-20/h2-8,13,26H,9-12H2,1H3. The number of para-hydroxylation sites is 1. The Kier molecular flexibility index (Phi) is 5.08. The Balaban J connectivity index is 1.31. The molecule has 0 aliphatic carbocycles. The Morgan fingerprint density at radius 1 is 1.27 bits per heavy atom. The fourth-order valence-electron chi connectivity index (χ4n) is 3.94. The van der Waals surface area contributed by atoms with Crippen LogP contribution >= 0.6 is 27.3 Å². The zero-order valence-corrected chi connectivity index (χ0v) is 18.8. The third kappa shape index (κ3) is 3.52. The van der Waals surface area contributed by atoms with Crippen molar-refractivity contribution >= 4 is 44.1 Å². The maximum atomic E-state index is 13.0. The minimum Gasteiger partial charge on any atom is -0.497 e. The van der Waals surface area contributed by atoms with Crippen molar-refractivity contribution in [1.82, 2.24) is 14.9 Å². The van der Waals surface area contributed by atoms with E-state index in [9.17, 15) is 4.79 Å². The third-order valence-electron chi connectivity index (χ3n) is 5.53. The van der Waals surface area contributed by atoms with Gasteiger partial charge in [0.05, 0.1) is 24.7 Å². The summed E-state index contributed by atoms with van der Waals surface area (Å²) in [7, 11) is 1.65. The number of halogens is 1. The quantitative estimate of drug-likeness (QED) is 0.436. The summed E-state index contributed by atoms with van der Waals surface area (Å²) in [6, 6.07) is 14.0. The first-order valence-corrected chi connectivity index (χ1v) is 11.4. The Labute approximate surface area is 186 Å². The van der Waals surface area contributed by atoms with Crippen molar-refractivity contribution in [3.8, 4) is 16.3 Å². The highest BCUT2D eigenvalue weighted by atomic mass is 79.9. The molecule has 0 radical (unpaired) electrons. The van der Waals surface area contributed by atoms with Crippen LogP contribution < -0.4 is 4.74 Å². The number of rotatable bonds is 4. The van der Waals surface area contributed by atoms with E-state index in [1.54, 1.807) is 18.4 Å². The van der Waals surface area contributed by atoms with Crippen molar-refractivity contribution in [1.29, 1.82) is 0 Å². The molecule has 3 heterocycles. The van der Waals surface area contributed by atoms with Gasteiger partial charge in [-0.3, -0.25) is 4.79 Å². The molecule has 30 heavy (non-hydrogen) atoms. The fraction of sp³-hybridized carbons (Fsp3) is 0.217. The van der Waals surface area contributed by atoms with Gasteiger partial charge in [0.15, 0.2) is 0 Å². The third-order valence-corrected chi connectivity index (χ3v) is 7.13. The van der Waals surface area contributed by atoms with Gasteiger partial charge in [0.1, 0.15) is 10.8 Å². The van der Waals surface area contributed by atoms with E-state index in [1.807, 2.05) is 46.7 Å². The van der Waals surface area contributed by atoms with Gasteiger partial charge in [0.2, 0.25) is 5.91 Å². The number of hydrogen-bond acceptors (Lipinski definition) is 4. The van der Waals surface area contributed by atoms with Crippen molar-refractivity contribution in [2.24, 2.45) is 0 Å². The molecular formula is C23H20BrN3O2S. The number of carbonyl (C=O) groups is 1. The molecule has 152 valence electrons. The van der Waals surface area contributed by atoms with Crippen LogP contribution in [-0.4, -0.2) is 34.4 Å². The molecule has 0 fully saturated rings. The van der Waals surface area contributed by atoms with Crippen molar-refractivity contribution in [3.63, 3.8) is 0 Å². The summed E-state index contributed by atoms with van der Waals surface area (Å²) in [6.45, 7) is 1.37. The number of H-pyrrole nitrogens is 1. The Morgan fingerprint density at radius 2 is 2.10 bits per heavy atom. The van der Waals surface area contributed by atoms with Crippen LogP contribution in [-0.2, 0) is 24.2 Å². The van der Waals surface area contributed by atoms with Crippen LogP contribution in [0.25, 0.3) is 21.5 Å². The molecule has 0 saturated heterocycles. The van der Waals surface area contributed by atoms with E-state index < -0.39 is 0 Å². The highest BCUT2D eigenvalue weighted by Crippen LogP contribution is 2.32. The largest absolute Gasteiger partial charge is 0.497 e. The molecule has 1 amide bonds. The second-order valence-electron chi connectivity index (χ2n) is 7.36. The molecule has 0 bridgehead atoms. The minimum atomic E-state index is 0.122. The Morgan fingerprint density at radius 3 is 2.90 bits per heavy atom. The lowest BCUT2D eigenvalue weighted by Crippen LogP contribution is -2.36. The van der Waals surface area contributed by atoms with E-state index >= 15 is 0 Å². The molecular weight excluding hydrogens is 462 g/mol.